The number of carbonyl (C=O) groups is 1. The zero-order valence-corrected chi connectivity index (χ0v) is 11.1. The molecule has 1 aromatic rings. The van der Waals surface area contributed by atoms with Crippen LogP contribution >= 0.6 is 12.4 Å². The monoisotopic (exact) mass is 259 g/mol. The van der Waals surface area contributed by atoms with Crippen LogP contribution in [-0.2, 0) is 13.0 Å². The molecule has 6 heteroatoms. The summed E-state index contributed by atoms with van der Waals surface area (Å²) in [5.74, 6) is 0.781. The molecule has 0 unspecified atom stereocenters. The summed E-state index contributed by atoms with van der Waals surface area (Å²) < 4.78 is 5.20. The molecule has 0 saturated heterocycles. The van der Waals surface area contributed by atoms with Gasteiger partial charge in [-0.25, -0.2) is 0 Å². The standard InChI is InChI=1S/C11H17N3O2.ClH/c1-7(2)14(3)11(15)10-8-6-12-5-4-9(8)16-13-10;/h7,12H,4-6H2,1-3H3;1H. The molecule has 1 aliphatic rings. The highest BCUT2D eigenvalue weighted by Crippen LogP contribution is 2.19. The van der Waals surface area contributed by atoms with Crippen LogP contribution in [0.15, 0.2) is 4.52 Å². The molecule has 5 nitrogen and oxygen atoms in total. The molecular weight excluding hydrogens is 242 g/mol. The zero-order valence-electron chi connectivity index (χ0n) is 10.3. The van der Waals surface area contributed by atoms with Gasteiger partial charge in [0.2, 0.25) is 0 Å². The molecule has 17 heavy (non-hydrogen) atoms. The van der Waals surface area contributed by atoms with Crippen LogP contribution in [0, 0.1) is 0 Å². The number of hydrogen-bond acceptors (Lipinski definition) is 4. The first-order valence-electron chi connectivity index (χ1n) is 5.56. The molecule has 96 valence electrons. The van der Waals surface area contributed by atoms with Gasteiger partial charge in [0.05, 0.1) is 0 Å². The van der Waals surface area contributed by atoms with E-state index < -0.39 is 0 Å². The van der Waals surface area contributed by atoms with Gasteiger partial charge in [-0.2, -0.15) is 0 Å². The van der Waals surface area contributed by atoms with E-state index in [1.54, 1.807) is 11.9 Å². The molecule has 0 radical (unpaired) electrons. The lowest BCUT2D eigenvalue weighted by atomic mass is 10.1. The third-order valence-electron chi connectivity index (χ3n) is 3.00. The zero-order chi connectivity index (χ0) is 11.7. The number of carbonyl (C=O) groups excluding carboxylic acids is 1. The van der Waals surface area contributed by atoms with E-state index in [-0.39, 0.29) is 24.4 Å². The van der Waals surface area contributed by atoms with Crippen molar-refractivity contribution in [2.45, 2.75) is 32.9 Å². The Morgan fingerprint density at radius 1 is 1.53 bits per heavy atom. The summed E-state index contributed by atoms with van der Waals surface area (Å²) in [5.41, 5.74) is 1.38. The number of rotatable bonds is 2. The SMILES string of the molecule is CC(C)N(C)C(=O)c1noc2c1CNCC2.Cl. The van der Waals surface area contributed by atoms with E-state index in [0.717, 1.165) is 24.3 Å². The number of halogens is 1. The number of aromatic nitrogens is 1. The Balaban J connectivity index is 0.00000144. The van der Waals surface area contributed by atoms with E-state index in [1.807, 2.05) is 13.8 Å². The average Bonchev–Trinajstić information content (AvgIpc) is 2.70. The van der Waals surface area contributed by atoms with Crippen molar-refractivity contribution in [1.29, 1.82) is 0 Å². The first-order chi connectivity index (χ1) is 7.61. The van der Waals surface area contributed by atoms with Crippen LogP contribution in [0.25, 0.3) is 0 Å². The molecule has 0 fully saturated rings. The van der Waals surface area contributed by atoms with Crippen molar-refractivity contribution >= 4 is 18.3 Å². The average molecular weight is 260 g/mol. The number of nitrogens with one attached hydrogen (secondary N) is 1. The lowest BCUT2D eigenvalue weighted by Gasteiger charge is -2.21. The van der Waals surface area contributed by atoms with E-state index in [0.29, 0.717) is 12.2 Å². The molecule has 2 heterocycles. The molecule has 1 aliphatic heterocycles. The normalized spacial score (nSPS) is 14.1. The van der Waals surface area contributed by atoms with Crippen LogP contribution < -0.4 is 5.32 Å². The van der Waals surface area contributed by atoms with Gasteiger partial charge in [-0.1, -0.05) is 5.16 Å². The lowest BCUT2D eigenvalue weighted by Crippen LogP contribution is -2.34. The summed E-state index contributed by atoms with van der Waals surface area (Å²) >= 11 is 0. The van der Waals surface area contributed by atoms with Crippen LogP contribution in [0.1, 0.15) is 35.7 Å². The molecule has 0 saturated carbocycles. The predicted octanol–water partition coefficient (Wildman–Crippen LogP) is 1.22. The smallest absolute Gasteiger partial charge is 0.276 e. The Labute approximate surface area is 107 Å². The van der Waals surface area contributed by atoms with E-state index in [2.05, 4.69) is 10.5 Å². The van der Waals surface area contributed by atoms with Crippen LogP contribution in [0.4, 0.5) is 0 Å². The summed E-state index contributed by atoms with van der Waals surface area (Å²) in [6.45, 7) is 5.51. The minimum Gasteiger partial charge on any atom is -0.360 e. The number of fused-ring (bicyclic) bond motifs is 1. The summed E-state index contributed by atoms with van der Waals surface area (Å²) in [5, 5.41) is 7.11. The van der Waals surface area contributed by atoms with Gasteiger partial charge >= 0.3 is 0 Å². The summed E-state index contributed by atoms with van der Waals surface area (Å²) in [6.07, 6.45) is 0.807. The third kappa shape index (κ3) is 2.61. The van der Waals surface area contributed by atoms with Crippen molar-refractivity contribution in [3.8, 4) is 0 Å². The van der Waals surface area contributed by atoms with Crippen molar-refractivity contribution in [3.63, 3.8) is 0 Å². The van der Waals surface area contributed by atoms with Gasteiger partial charge in [-0.05, 0) is 13.8 Å². The van der Waals surface area contributed by atoms with Gasteiger partial charge in [0.25, 0.3) is 5.91 Å². The second kappa shape index (κ2) is 5.51. The molecule has 0 bridgehead atoms. The maximum absolute atomic E-state index is 12.1. The molecule has 0 atom stereocenters. The molecule has 1 N–H and O–H groups in total. The Morgan fingerprint density at radius 3 is 2.88 bits per heavy atom. The Morgan fingerprint density at radius 2 is 2.24 bits per heavy atom. The molecule has 1 aromatic heterocycles. The van der Waals surface area contributed by atoms with Crippen LogP contribution in [0.2, 0.25) is 0 Å². The highest BCUT2D eigenvalue weighted by atomic mass is 35.5. The van der Waals surface area contributed by atoms with Crippen LogP contribution in [0.3, 0.4) is 0 Å². The van der Waals surface area contributed by atoms with Gasteiger partial charge in [-0.3, -0.25) is 4.79 Å². The van der Waals surface area contributed by atoms with Gasteiger partial charge in [0.15, 0.2) is 5.69 Å². The summed E-state index contributed by atoms with van der Waals surface area (Å²) in [7, 11) is 1.78. The van der Waals surface area contributed by atoms with E-state index in [4.69, 9.17) is 4.52 Å². The van der Waals surface area contributed by atoms with Crippen molar-refractivity contribution in [2.24, 2.45) is 0 Å². The van der Waals surface area contributed by atoms with Gasteiger partial charge < -0.3 is 14.7 Å². The first-order valence-corrected chi connectivity index (χ1v) is 5.56. The van der Waals surface area contributed by atoms with Crippen LogP contribution in [0.5, 0.6) is 0 Å². The highest BCUT2D eigenvalue weighted by Gasteiger charge is 2.26. The van der Waals surface area contributed by atoms with E-state index >= 15 is 0 Å². The van der Waals surface area contributed by atoms with Crippen molar-refractivity contribution in [1.82, 2.24) is 15.4 Å². The maximum Gasteiger partial charge on any atom is 0.276 e. The van der Waals surface area contributed by atoms with Crippen LogP contribution in [-0.4, -0.2) is 35.6 Å². The minimum absolute atomic E-state index is 0. The third-order valence-corrected chi connectivity index (χ3v) is 3.00. The lowest BCUT2D eigenvalue weighted by molar-refractivity contribution is 0.0743. The quantitative estimate of drug-likeness (QED) is 0.868. The fourth-order valence-electron chi connectivity index (χ4n) is 1.71. The summed E-state index contributed by atoms with van der Waals surface area (Å²) in [6, 6.07) is 0.163. The molecular formula is C11H18ClN3O2. The first kappa shape index (κ1) is 14.0. The molecule has 2 rings (SSSR count). The Hall–Kier alpha value is -1.07. The maximum atomic E-state index is 12.1. The number of amides is 1. The van der Waals surface area contributed by atoms with Gasteiger partial charge in [0, 0.05) is 38.2 Å². The van der Waals surface area contributed by atoms with Gasteiger partial charge in [-0.15, -0.1) is 12.4 Å². The van der Waals surface area contributed by atoms with Crippen molar-refractivity contribution in [3.05, 3.63) is 17.0 Å². The van der Waals surface area contributed by atoms with Crippen molar-refractivity contribution in [2.75, 3.05) is 13.6 Å². The fourth-order valence-corrected chi connectivity index (χ4v) is 1.71. The molecule has 0 aromatic carbocycles. The highest BCUT2D eigenvalue weighted by molar-refractivity contribution is 5.93. The predicted molar refractivity (Wildman–Crippen MR) is 66.4 cm³/mol. The topological polar surface area (TPSA) is 58.4 Å². The second-order valence-electron chi connectivity index (χ2n) is 4.37. The minimum atomic E-state index is -0.0660. The van der Waals surface area contributed by atoms with Gasteiger partial charge in [0.1, 0.15) is 5.76 Å². The fraction of sp³-hybridized carbons (Fsp3) is 0.636. The molecule has 0 aliphatic carbocycles. The number of hydrogen-bond donors (Lipinski definition) is 1. The second-order valence-corrected chi connectivity index (χ2v) is 4.37. The largest absolute Gasteiger partial charge is 0.360 e. The number of nitrogens with zero attached hydrogens (tertiary/aromatic N) is 2. The van der Waals surface area contributed by atoms with E-state index in [9.17, 15) is 4.79 Å². The molecule has 1 amide bonds. The van der Waals surface area contributed by atoms with Crippen molar-refractivity contribution < 1.29 is 9.32 Å². The Bertz CT molecular complexity index is 403. The van der Waals surface area contributed by atoms with E-state index in [1.165, 1.54) is 0 Å². The molecule has 0 spiro atoms. The Kier molecular flexibility index (Phi) is 4.54. The summed E-state index contributed by atoms with van der Waals surface area (Å²) in [4.78, 5) is 13.8.